The molecule has 0 N–H and O–H groups in total. The minimum atomic E-state index is 1.02. The summed E-state index contributed by atoms with van der Waals surface area (Å²) in [7, 11) is 0. The van der Waals surface area contributed by atoms with Gasteiger partial charge in [-0.2, -0.15) is 0 Å². The Labute approximate surface area is 385 Å². The van der Waals surface area contributed by atoms with E-state index in [1.807, 2.05) is 12.1 Å². The van der Waals surface area contributed by atoms with Gasteiger partial charge in [0.25, 0.3) is 0 Å². The lowest BCUT2D eigenvalue weighted by Crippen LogP contribution is -2.10. The summed E-state index contributed by atoms with van der Waals surface area (Å²) in [6.07, 6.45) is 0. The number of hydrogen-bond acceptors (Lipinski definition) is 1. The van der Waals surface area contributed by atoms with E-state index in [1.54, 1.807) is 0 Å². The molecule has 2 nitrogen and oxygen atoms in total. The largest absolute Gasteiger partial charge is 0.310 e. The maximum Gasteiger partial charge on any atom is 0.0547 e. The van der Waals surface area contributed by atoms with E-state index in [4.69, 9.17) is 0 Å². The van der Waals surface area contributed by atoms with Crippen molar-refractivity contribution in [3.05, 3.63) is 267 Å². The molecule has 1 heterocycles. The van der Waals surface area contributed by atoms with Crippen LogP contribution in [0.1, 0.15) is 0 Å². The van der Waals surface area contributed by atoms with E-state index in [1.165, 1.54) is 60.5 Å². The fourth-order valence-corrected chi connectivity index (χ4v) is 9.67. The molecule has 0 aliphatic carbocycles. The van der Waals surface area contributed by atoms with Gasteiger partial charge in [-0.1, -0.05) is 194 Å². The highest BCUT2D eigenvalue weighted by Crippen LogP contribution is 2.43. The lowest BCUT2D eigenvalue weighted by Gasteiger charge is -2.26. The third-order valence-corrected chi connectivity index (χ3v) is 12.9. The van der Waals surface area contributed by atoms with E-state index in [0.717, 1.165) is 50.5 Å². The van der Waals surface area contributed by atoms with Crippen LogP contribution in [-0.4, -0.2) is 4.57 Å². The predicted octanol–water partition coefficient (Wildman–Crippen LogP) is 17.3. The minimum Gasteiger partial charge on any atom is -0.310 e. The van der Waals surface area contributed by atoms with Crippen molar-refractivity contribution in [2.24, 2.45) is 0 Å². The van der Waals surface area contributed by atoms with Crippen molar-refractivity contribution < 1.29 is 0 Å². The molecule has 11 aromatic carbocycles. The summed E-state index contributed by atoms with van der Waals surface area (Å²) >= 11 is 0. The molecule has 0 saturated carbocycles. The minimum absolute atomic E-state index is 1.02. The van der Waals surface area contributed by atoms with Crippen molar-refractivity contribution in [2.45, 2.75) is 0 Å². The lowest BCUT2D eigenvalue weighted by atomic mass is 9.96. The molecule has 0 aliphatic heterocycles. The molecule has 308 valence electrons. The Bertz CT molecular complexity index is 3640. The number of benzene rings is 10. The second kappa shape index (κ2) is 16.7. The molecule has 1 aromatic heterocycles. The molecule has 12 rings (SSSR count). The van der Waals surface area contributed by atoms with Crippen LogP contribution in [0.5, 0.6) is 0 Å². The molecule has 0 aliphatic rings. The van der Waals surface area contributed by atoms with Gasteiger partial charge in [0, 0.05) is 39.1 Å². The van der Waals surface area contributed by atoms with Crippen LogP contribution in [0, 0.1) is 12.1 Å². The monoisotopic (exact) mass is 838 g/mol. The number of aromatic nitrogens is 1. The van der Waals surface area contributed by atoms with Gasteiger partial charge in [-0.15, -0.1) is 0 Å². The SMILES string of the molecule is c1cccc(-c2ccc3c4c(-c5cccc(N(c6ccc(-c7ccccc7)cc6)c6ccc(-c7ccc(-c8cccc9ccccc89)cc7)cc6)c5)cccc4n(-c4ccccc4)c3c2)c#1. The highest BCUT2D eigenvalue weighted by molar-refractivity contribution is 6.16. The van der Waals surface area contributed by atoms with Gasteiger partial charge < -0.3 is 9.47 Å². The first-order chi connectivity index (χ1) is 32.7. The van der Waals surface area contributed by atoms with Crippen LogP contribution in [0.25, 0.3) is 93.9 Å². The van der Waals surface area contributed by atoms with Crippen LogP contribution in [0.15, 0.2) is 255 Å². The van der Waals surface area contributed by atoms with Crippen LogP contribution in [0.3, 0.4) is 0 Å². The lowest BCUT2D eigenvalue weighted by molar-refractivity contribution is 1.18. The molecule has 0 saturated heterocycles. The van der Waals surface area contributed by atoms with Gasteiger partial charge in [0.1, 0.15) is 0 Å². The van der Waals surface area contributed by atoms with E-state index in [-0.39, 0.29) is 0 Å². The summed E-state index contributed by atoms with van der Waals surface area (Å²) in [5.74, 6) is 0. The topological polar surface area (TPSA) is 8.17 Å². The fourth-order valence-electron chi connectivity index (χ4n) is 9.67. The second-order valence-electron chi connectivity index (χ2n) is 16.8. The molecule has 0 fully saturated rings. The smallest absolute Gasteiger partial charge is 0.0547 e. The average Bonchev–Trinajstić information content (AvgIpc) is 3.74. The summed E-state index contributed by atoms with van der Waals surface area (Å²) < 4.78 is 2.40. The number of para-hydroxylation sites is 1. The van der Waals surface area contributed by atoms with Gasteiger partial charge in [-0.05, 0) is 134 Å². The Morgan fingerprint density at radius 1 is 0.333 bits per heavy atom. The highest BCUT2D eigenvalue weighted by atomic mass is 15.1. The Kier molecular flexibility index (Phi) is 9.78. The average molecular weight is 839 g/mol. The molecule has 0 amide bonds. The molecule has 0 spiro atoms. The van der Waals surface area contributed by atoms with Gasteiger partial charge in [0.05, 0.1) is 11.0 Å². The summed E-state index contributed by atoms with van der Waals surface area (Å²) in [6.45, 7) is 0. The number of fused-ring (bicyclic) bond motifs is 4. The molecular weight excluding hydrogens is 797 g/mol. The van der Waals surface area contributed by atoms with E-state index < -0.39 is 0 Å². The summed E-state index contributed by atoms with van der Waals surface area (Å²) in [4.78, 5) is 2.37. The van der Waals surface area contributed by atoms with Crippen molar-refractivity contribution >= 4 is 49.6 Å². The number of anilines is 3. The van der Waals surface area contributed by atoms with Gasteiger partial charge in [0.2, 0.25) is 0 Å². The molecule has 2 heteroatoms. The number of nitrogens with zero attached hydrogens (tertiary/aromatic N) is 2. The predicted molar refractivity (Wildman–Crippen MR) is 278 cm³/mol. The normalized spacial score (nSPS) is 11.2. The van der Waals surface area contributed by atoms with Gasteiger partial charge in [-0.25, -0.2) is 0 Å². The third kappa shape index (κ3) is 7.06. The fraction of sp³-hybridized carbons (Fsp3) is 0. The molecule has 0 bridgehead atoms. The molecule has 12 aromatic rings. The van der Waals surface area contributed by atoms with Crippen LogP contribution in [-0.2, 0) is 0 Å². The van der Waals surface area contributed by atoms with Crippen molar-refractivity contribution in [3.63, 3.8) is 0 Å². The summed E-state index contributed by atoms with van der Waals surface area (Å²) in [5, 5.41) is 4.94. The third-order valence-electron chi connectivity index (χ3n) is 12.9. The maximum absolute atomic E-state index is 3.32. The zero-order valence-corrected chi connectivity index (χ0v) is 36.1. The van der Waals surface area contributed by atoms with Gasteiger partial charge in [0.15, 0.2) is 0 Å². The van der Waals surface area contributed by atoms with Gasteiger partial charge >= 0.3 is 0 Å². The molecule has 66 heavy (non-hydrogen) atoms. The summed E-state index contributed by atoms with van der Waals surface area (Å²) in [6, 6.07) is 98.3. The molecule has 0 unspecified atom stereocenters. The zero-order chi connectivity index (χ0) is 43.8. The Morgan fingerprint density at radius 2 is 0.909 bits per heavy atom. The second-order valence-corrected chi connectivity index (χ2v) is 16.8. The molecular formula is C64H42N2. The Hall–Kier alpha value is -8.90. The highest BCUT2D eigenvalue weighted by Gasteiger charge is 2.19. The number of hydrogen-bond donors (Lipinski definition) is 0. The van der Waals surface area contributed by atoms with E-state index in [2.05, 4.69) is 264 Å². The first-order valence-corrected chi connectivity index (χ1v) is 22.5. The van der Waals surface area contributed by atoms with Crippen LogP contribution in [0.2, 0.25) is 0 Å². The standard InChI is InChI=1S/C64H42N2/c1-4-15-45(16-5-1)48-33-38-55(39-34-48)65(56-40-35-49(36-41-56)47-29-31-51(32-30-47)59-26-13-20-50-19-10-11-25-58(50)59)57-24-12-21-53(43-57)60-27-14-28-62-64(60)61-42-37-52(46-17-6-2-7-18-46)44-63(61)66(62)54-22-8-3-9-23-54/h1-6,8-17,19-44H. The number of rotatable bonds is 9. The van der Waals surface area contributed by atoms with Gasteiger partial charge in [-0.3, -0.25) is 0 Å². The van der Waals surface area contributed by atoms with E-state index in [9.17, 15) is 0 Å². The van der Waals surface area contributed by atoms with Crippen molar-refractivity contribution in [1.29, 1.82) is 0 Å². The molecule has 0 radical (unpaired) electrons. The summed E-state index contributed by atoms with van der Waals surface area (Å²) in [5.41, 5.74) is 18.3. The first-order valence-electron chi connectivity index (χ1n) is 22.5. The molecule has 0 atom stereocenters. The van der Waals surface area contributed by atoms with Crippen LogP contribution >= 0.6 is 0 Å². The van der Waals surface area contributed by atoms with Crippen molar-refractivity contribution in [3.8, 4) is 61.3 Å². The Balaban J connectivity index is 0.958. The Morgan fingerprint density at radius 3 is 1.64 bits per heavy atom. The maximum atomic E-state index is 3.32. The van der Waals surface area contributed by atoms with Crippen molar-refractivity contribution in [2.75, 3.05) is 4.90 Å². The van der Waals surface area contributed by atoms with Crippen molar-refractivity contribution in [1.82, 2.24) is 4.57 Å². The van der Waals surface area contributed by atoms with Crippen LogP contribution < -0.4 is 4.90 Å². The first kappa shape index (κ1) is 38.7. The zero-order valence-electron chi connectivity index (χ0n) is 36.1. The quantitative estimate of drug-likeness (QED) is 0.141. The van der Waals surface area contributed by atoms with E-state index >= 15 is 0 Å². The van der Waals surface area contributed by atoms with Crippen LogP contribution in [0.4, 0.5) is 17.1 Å². The van der Waals surface area contributed by atoms with E-state index in [0.29, 0.717) is 0 Å².